The summed E-state index contributed by atoms with van der Waals surface area (Å²) >= 11 is 0. The van der Waals surface area contributed by atoms with Crippen molar-refractivity contribution in [2.75, 3.05) is 6.54 Å². The molecule has 0 amide bonds. The Labute approximate surface area is 181 Å². The number of carbonyl (C=O) groups excluding carboxylic acids is 2. The van der Waals surface area contributed by atoms with Crippen molar-refractivity contribution >= 4 is 11.8 Å². The van der Waals surface area contributed by atoms with Crippen LogP contribution in [0.4, 0.5) is 0 Å². The van der Waals surface area contributed by atoms with Crippen molar-refractivity contribution in [3.8, 4) is 0 Å². The molecule has 30 heavy (non-hydrogen) atoms. The molecule has 4 fully saturated rings. The molecule has 4 nitrogen and oxygen atoms in total. The van der Waals surface area contributed by atoms with Gasteiger partial charge in [0.25, 0.3) is 0 Å². The zero-order valence-corrected chi connectivity index (χ0v) is 19.0. The Kier molecular flexibility index (Phi) is 5.16. The smallest absolute Gasteiger partial charge is 0.323 e. The maximum absolute atomic E-state index is 12.5. The second-order valence-corrected chi connectivity index (χ2v) is 11.5. The highest BCUT2D eigenvalue weighted by molar-refractivity contribution is 5.79. The number of rotatable bonds is 3. The predicted octanol–water partition coefficient (Wildman–Crippen LogP) is 4.82. The fourth-order valence-electron chi connectivity index (χ4n) is 8.57. The van der Waals surface area contributed by atoms with Crippen molar-refractivity contribution in [3.05, 3.63) is 11.6 Å². The van der Waals surface area contributed by atoms with Crippen LogP contribution >= 0.6 is 0 Å². The minimum absolute atomic E-state index is 0.0399. The van der Waals surface area contributed by atoms with Crippen molar-refractivity contribution in [2.45, 2.75) is 97.1 Å². The number of esters is 1. The van der Waals surface area contributed by atoms with Crippen LogP contribution in [0.15, 0.2) is 11.6 Å². The third-order valence-electron chi connectivity index (χ3n) is 10.2. The highest BCUT2D eigenvalue weighted by Crippen LogP contribution is 2.66. The SMILES string of the molecule is CC(=O)[C@H]1CC[C@H]2[C@@H]3CCC4=C[C@@H](OC(=O)[C@@H]5CCCN5)CC[C@]4(C)[C@H]3CC[C@]12C. The Balaban J connectivity index is 1.32. The van der Waals surface area contributed by atoms with Gasteiger partial charge >= 0.3 is 5.97 Å². The van der Waals surface area contributed by atoms with E-state index in [4.69, 9.17) is 4.74 Å². The minimum Gasteiger partial charge on any atom is -0.457 e. The Hall–Kier alpha value is -1.16. The average molecular weight is 414 g/mol. The maximum Gasteiger partial charge on any atom is 0.323 e. The van der Waals surface area contributed by atoms with Gasteiger partial charge in [0.1, 0.15) is 17.9 Å². The van der Waals surface area contributed by atoms with E-state index in [2.05, 4.69) is 25.2 Å². The van der Waals surface area contributed by atoms with Crippen molar-refractivity contribution in [1.29, 1.82) is 0 Å². The Morgan fingerprint density at radius 3 is 2.60 bits per heavy atom. The van der Waals surface area contributed by atoms with Crippen molar-refractivity contribution in [1.82, 2.24) is 5.32 Å². The number of Topliss-reactive ketones (excluding diaryl/α,β-unsaturated/α-hetero) is 1. The molecule has 1 N–H and O–H groups in total. The summed E-state index contributed by atoms with van der Waals surface area (Å²) in [7, 11) is 0. The highest BCUT2D eigenvalue weighted by atomic mass is 16.5. The molecule has 3 saturated carbocycles. The fourth-order valence-corrected chi connectivity index (χ4v) is 8.57. The summed E-state index contributed by atoms with van der Waals surface area (Å²) in [5, 5.41) is 3.26. The monoisotopic (exact) mass is 413 g/mol. The Bertz CT molecular complexity index is 753. The topological polar surface area (TPSA) is 55.4 Å². The number of ether oxygens (including phenoxy) is 1. The lowest BCUT2D eigenvalue weighted by molar-refractivity contribution is -0.150. The molecule has 4 heteroatoms. The normalized spacial score (nSPS) is 47.6. The molecule has 1 heterocycles. The predicted molar refractivity (Wildman–Crippen MR) is 117 cm³/mol. The van der Waals surface area contributed by atoms with Crippen LogP contribution in [0.25, 0.3) is 0 Å². The average Bonchev–Trinajstić information content (AvgIpc) is 3.35. The zero-order chi connectivity index (χ0) is 21.1. The van der Waals surface area contributed by atoms with Crippen LogP contribution in [0.5, 0.6) is 0 Å². The summed E-state index contributed by atoms with van der Waals surface area (Å²) in [6.07, 6.45) is 13.6. The summed E-state index contributed by atoms with van der Waals surface area (Å²) in [4.78, 5) is 24.8. The summed E-state index contributed by atoms with van der Waals surface area (Å²) in [6.45, 7) is 7.66. The van der Waals surface area contributed by atoms with E-state index in [1.54, 1.807) is 5.57 Å². The first-order valence-corrected chi connectivity index (χ1v) is 12.5. The van der Waals surface area contributed by atoms with Gasteiger partial charge in [0.05, 0.1) is 0 Å². The first kappa shape index (κ1) is 20.7. The number of hydrogen-bond acceptors (Lipinski definition) is 4. The van der Waals surface area contributed by atoms with Crippen molar-refractivity contribution in [3.63, 3.8) is 0 Å². The van der Waals surface area contributed by atoms with Crippen LogP contribution in [0.1, 0.15) is 85.0 Å². The Morgan fingerprint density at radius 1 is 1.03 bits per heavy atom. The molecule has 0 radical (unpaired) electrons. The molecule has 0 unspecified atom stereocenters. The van der Waals surface area contributed by atoms with Crippen LogP contribution < -0.4 is 5.32 Å². The summed E-state index contributed by atoms with van der Waals surface area (Å²) in [5.74, 6) is 2.85. The van der Waals surface area contributed by atoms with E-state index < -0.39 is 0 Å². The molecular formula is C26H39NO3. The van der Waals surface area contributed by atoms with Crippen LogP contribution in [-0.4, -0.2) is 30.4 Å². The first-order chi connectivity index (χ1) is 14.3. The number of allylic oxidation sites excluding steroid dienone is 1. The zero-order valence-electron chi connectivity index (χ0n) is 19.0. The molecule has 0 aromatic rings. The van der Waals surface area contributed by atoms with Gasteiger partial charge in [-0.1, -0.05) is 19.4 Å². The lowest BCUT2D eigenvalue weighted by atomic mass is 9.46. The number of ketones is 1. The van der Waals surface area contributed by atoms with Crippen LogP contribution in [0.3, 0.4) is 0 Å². The molecule has 0 aromatic carbocycles. The number of hydrogen-bond donors (Lipinski definition) is 1. The molecule has 5 rings (SSSR count). The first-order valence-electron chi connectivity index (χ1n) is 12.5. The van der Waals surface area contributed by atoms with E-state index >= 15 is 0 Å². The van der Waals surface area contributed by atoms with Gasteiger partial charge in [-0.3, -0.25) is 9.59 Å². The third-order valence-corrected chi connectivity index (χ3v) is 10.2. The molecule has 1 aliphatic heterocycles. The number of carbonyl (C=O) groups is 2. The molecular weight excluding hydrogens is 374 g/mol. The number of nitrogens with one attached hydrogen (secondary N) is 1. The van der Waals surface area contributed by atoms with Crippen molar-refractivity contribution in [2.24, 2.45) is 34.5 Å². The molecule has 0 bridgehead atoms. The summed E-state index contributed by atoms with van der Waals surface area (Å²) in [5.41, 5.74) is 2.04. The standard InChI is InChI=1S/C26H39NO3/c1-16(28)20-8-9-21-19-7-6-17-15-18(30-24(29)23-5-4-14-27-23)10-12-25(17,2)22(19)11-13-26(20,21)3/h15,18-23,27H,4-14H2,1-3H3/t18-,19-,20+,21-,22-,23-,25-,26+/m0/s1. The van der Waals surface area contributed by atoms with E-state index in [0.29, 0.717) is 11.7 Å². The largest absolute Gasteiger partial charge is 0.457 e. The molecule has 166 valence electrons. The Morgan fingerprint density at radius 2 is 1.87 bits per heavy atom. The van der Waals surface area contributed by atoms with Gasteiger partial charge in [-0.2, -0.15) is 0 Å². The number of fused-ring (bicyclic) bond motifs is 5. The third kappa shape index (κ3) is 3.12. The molecule has 1 saturated heterocycles. The fraction of sp³-hybridized carbons (Fsp3) is 0.846. The second-order valence-electron chi connectivity index (χ2n) is 11.5. The van der Waals surface area contributed by atoms with Gasteiger partial charge < -0.3 is 10.1 Å². The van der Waals surface area contributed by atoms with Gasteiger partial charge in [-0.25, -0.2) is 0 Å². The van der Waals surface area contributed by atoms with Crippen LogP contribution in [-0.2, 0) is 14.3 Å². The highest BCUT2D eigenvalue weighted by Gasteiger charge is 2.59. The van der Waals surface area contributed by atoms with Gasteiger partial charge in [0.15, 0.2) is 0 Å². The van der Waals surface area contributed by atoms with E-state index in [9.17, 15) is 9.59 Å². The van der Waals surface area contributed by atoms with Gasteiger partial charge in [-0.15, -0.1) is 0 Å². The minimum atomic E-state index is -0.0972. The quantitative estimate of drug-likeness (QED) is 0.532. The van der Waals surface area contributed by atoms with E-state index in [-0.39, 0.29) is 34.9 Å². The van der Waals surface area contributed by atoms with E-state index in [0.717, 1.165) is 56.9 Å². The van der Waals surface area contributed by atoms with Crippen LogP contribution in [0.2, 0.25) is 0 Å². The van der Waals surface area contributed by atoms with Crippen LogP contribution in [0, 0.1) is 34.5 Å². The lowest BCUT2D eigenvalue weighted by Gasteiger charge is -2.58. The summed E-state index contributed by atoms with van der Waals surface area (Å²) in [6, 6.07) is -0.0972. The van der Waals surface area contributed by atoms with Gasteiger partial charge in [0, 0.05) is 5.92 Å². The van der Waals surface area contributed by atoms with Gasteiger partial charge in [0.2, 0.25) is 0 Å². The maximum atomic E-state index is 12.5. The molecule has 0 spiro atoms. The lowest BCUT2D eigenvalue weighted by Crippen LogP contribution is -2.51. The molecule has 5 aliphatic rings. The van der Waals surface area contributed by atoms with Gasteiger partial charge in [-0.05, 0) is 112 Å². The van der Waals surface area contributed by atoms with E-state index in [1.807, 2.05) is 6.92 Å². The molecule has 8 atom stereocenters. The summed E-state index contributed by atoms with van der Waals surface area (Å²) < 4.78 is 5.92. The molecule has 0 aromatic heterocycles. The molecule has 4 aliphatic carbocycles. The van der Waals surface area contributed by atoms with Crippen molar-refractivity contribution < 1.29 is 14.3 Å². The second kappa shape index (κ2) is 7.46. The van der Waals surface area contributed by atoms with E-state index in [1.165, 1.54) is 25.7 Å².